The summed E-state index contributed by atoms with van der Waals surface area (Å²) in [7, 11) is 0. The summed E-state index contributed by atoms with van der Waals surface area (Å²) in [5.41, 5.74) is 5.36. The number of nitrogens with zero attached hydrogens (tertiary/aromatic N) is 5. The van der Waals surface area contributed by atoms with Crippen molar-refractivity contribution in [1.82, 2.24) is 29.3 Å². The average molecular weight is 551 g/mol. The number of imidazole rings is 1. The van der Waals surface area contributed by atoms with E-state index in [1.165, 1.54) is 24.1 Å². The molecule has 0 unspecified atom stereocenters. The SMILES string of the molecule is CCCOc1ccc(CN2CCN(CCC)CC2)cc1-c1nc2cc3ncn(Cc4ccccc4)c3cc2c(=O)[nH]1. The van der Waals surface area contributed by atoms with Gasteiger partial charge >= 0.3 is 0 Å². The number of benzene rings is 3. The Balaban J connectivity index is 1.32. The maximum Gasteiger partial charge on any atom is 0.259 e. The lowest BCUT2D eigenvalue weighted by Gasteiger charge is -2.34. The van der Waals surface area contributed by atoms with Gasteiger partial charge in [0.2, 0.25) is 0 Å². The molecule has 8 nitrogen and oxygen atoms in total. The lowest BCUT2D eigenvalue weighted by atomic mass is 10.1. The fourth-order valence-corrected chi connectivity index (χ4v) is 5.67. The van der Waals surface area contributed by atoms with Crippen LogP contribution in [-0.2, 0) is 13.1 Å². The summed E-state index contributed by atoms with van der Waals surface area (Å²) >= 11 is 0. The highest BCUT2D eigenvalue weighted by molar-refractivity contribution is 5.93. The van der Waals surface area contributed by atoms with Crippen molar-refractivity contribution < 1.29 is 4.74 Å². The first kappa shape index (κ1) is 27.2. The standard InChI is InChI=1S/C33H38N6O2/c1-3-12-37-13-15-38(16-14-37)21-25-10-11-31(41-17-4-2)27(18-25)32-35-28-20-29-30(19-26(28)33(40)36-32)39(23-34-29)22-24-8-6-5-7-9-24/h5-11,18-20,23H,3-4,12-17,21-22H2,1-2H3,(H,35,36,40). The molecule has 3 heterocycles. The largest absolute Gasteiger partial charge is 0.493 e. The molecule has 0 spiro atoms. The van der Waals surface area contributed by atoms with Crippen LogP contribution in [0.3, 0.4) is 0 Å². The van der Waals surface area contributed by atoms with Gasteiger partial charge in [-0.1, -0.05) is 50.2 Å². The molecule has 5 aromatic rings. The van der Waals surface area contributed by atoms with E-state index in [4.69, 9.17) is 9.72 Å². The van der Waals surface area contributed by atoms with Crippen LogP contribution in [0.2, 0.25) is 0 Å². The van der Waals surface area contributed by atoms with Gasteiger partial charge in [0.05, 0.1) is 40.4 Å². The van der Waals surface area contributed by atoms with Crippen LogP contribution in [0.25, 0.3) is 33.3 Å². The molecule has 8 heteroatoms. The number of H-pyrrole nitrogens is 1. The van der Waals surface area contributed by atoms with Gasteiger partial charge in [-0.15, -0.1) is 0 Å². The number of nitrogens with one attached hydrogen (secondary N) is 1. The zero-order valence-corrected chi connectivity index (χ0v) is 24.0. The first-order chi connectivity index (χ1) is 20.1. The molecule has 0 atom stereocenters. The van der Waals surface area contributed by atoms with Crippen molar-refractivity contribution in [1.29, 1.82) is 0 Å². The normalized spacial score (nSPS) is 14.7. The smallest absolute Gasteiger partial charge is 0.259 e. The molecule has 212 valence electrons. The maximum atomic E-state index is 13.4. The minimum atomic E-state index is -0.168. The van der Waals surface area contributed by atoms with Crippen molar-refractivity contribution in [2.24, 2.45) is 0 Å². The second kappa shape index (κ2) is 12.2. The predicted octanol–water partition coefficient (Wildman–Crippen LogP) is 5.30. The van der Waals surface area contributed by atoms with Crippen molar-refractivity contribution in [2.75, 3.05) is 39.3 Å². The summed E-state index contributed by atoms with van der Waals surface area (Å²) in [5.74, 6) is 1.25. The summed E-state index contributed by atoms with van der Waals surface area (Å²) in [6.45, 7) is 12.0. The fourth-order valence-electron chi connectivity index (χ4n) is 5.67. The van der Waals surface area contributed by atoms with Gasteiger partial charge < -0.3 is 19.2 Å². The Bertz CT molecular complexity index is 1690. The summed E-state index contributed by atoms with van der Waals surface area (Å²) in [6, 6.07) is 20.3. The predicted molar refractivity (Wildman–Crippen MR) is 164 cm³/mol. The van der Waals surface area contributed by atoms with E-state index in [0.717, 1.165) is 61.5 Å². The van der Waals surface area contributed by atoms with Crippen LogP contribution in [0.5, 0.6) is 5.75 Å². The molecule has 2 aromatic heterocycles. The number of aromatic nitrogens is 4. The van der Waals surface area contributed by atoms with Gasteiger partial charge in [0.1, 0.15) is 11.6 Å². The number of ether oxygens (including phenoxy) is 1. The molecule has 1 N–H and O–H groups in total. The molecule has 1 aliphatic heterocycles. The van der Waals surface area contributed by atoms with Gasteiger partial charge in [0.15, 0.2) is 0 Å². The molecule has 0 bridgehead atoms. The number of hydrogen-bond acceptors (Lipinski definition) is 6. The minimum absolute atomic E-state index is 0.168. The zero-order valence-electron chi connectivity index (χ0n) is 24.0. The molecule has 0 saturated carbocycles. The Hall–Kier alpha value is -4.01. The first-order valence-corrected chi connectivity index (χ1v) is 14.7. The number of aromatic amines is 1. The van der Waals surface area contributed by atoms with Gasteiger partial charge in [-0.2, -0.15) is 0 Å². The highest BCUT2D eigenvalue weighted by atomic mass is 16.5. The van der Waals surface area contributed by atoms with E-state index >= 15 is 0 Å². The summed E-state index contributed by atoms with van der Waals surface area (Å²) in [4.78, 5) is 31.1. The Labute approximate surface area is 240 Å². The van der Waals surface area contributed by atoms with Crippen molar-refractivity contribution in [3.63, 3.8) is 0 Å². The molecule has 0 radical (unpaired) electrons. The zero-order chi connectivity index (χ0) is 28.2. The molecule has 1 aliphatic rings. The van der Waals surface area contributed by atoms with Crippen LogP contribution in [0, 0.1) is 0 Å². The Morgan fingerprint density at radius 2 is 1.66 bits per heavy atom. The van der Waals surface area contributed by atoms with Crippen LogP contribution in [0.4, 0.5) is 0 Å². The average Bonchev–Trinajstić information content (AvgIpc) is 3.38. The summed E-state index contributed by atoms with van der Waals surface area (Å²) in [5, 5.41) is 0.549. The number of hydrogen-bond donors (Lipinski definition) is 1. The van der Waals surface area contributed by atoms with Crippen molar-refractivity contribution in [2.45, 2.75) is 39.8 Å². The van der Waals surface area contributed by atoms with E-state index in [9.17, 15) is 4.79 Å². The lowest BCUT2D eigenvalue weighted by Crippen LogP contribution is -2.45. The molecule has 1 fully saturated rings. The highest BCUT2D eigenvalue weighted by Gasteiger charge is 2.19. The summed E-state index contributed by atoms with van der Waals surface area (Å²) in [6.07, 6.45) is 3.92. The summed E-state index contributed by atoms with van der Waals surface area (Å²) < 4.78 is 8.18. The Kier molecular flexibility index (Phi) is 8.11. The molecular weight excluding hydrogens is 512 g/mol. The van der Waals surface area contributed by atoms with Gasteiger partial charge in [0, 0.05) is 39.3 Å². The molecule has 6 rings (SSSR count). The lowest BCUT2D eigenvalue weighted by molar-refractivity contribution is 0.127. The van der Waals surface area contributed by atoms with Gasteiger partial charge in [-0.3, -0.25) is 9.69 Å². The van der Waals surface area contributed by atoms with E-state index in [0.29, 0.717) is 29.9 Å². The van der Waals surface area contributed by atoms with E-state index in [-0.39, 0.29) is 5.56 Å². The second-order valence-corrected chi connectivity index (χ2v) is 10.9. The third-order valence-electron chi connectivity index (χ3n) is 7.81. The molecule has 0 aliphatic carbocycles. The quantitative estimate of drug-likeness (QED) is 0.254. The van der Waals surface area contributed by atoms with Crippen LogP contribution in [0.15, 0.2) is 71.8 Å². The van der Waals surface area contributed by atoms with E-state index < -0.39 is 0 Å². The molecule has 0 amide bonds. The maximum absolute atomic E-state index is 13.4. The first-order valence-electron chi connectivity index (χ1n) is 14.7. The topological polar surface area (TPSA) is 79.3 Å². The van der Waals surface area contributed by atoms with Crippen LogP contribution >= 0.6 is 0 Å². The molecule has 1 saturated heterocycles. The van der Waals surface area contributed by atoms with E-state index in [2.05, 4.69) is 62.4 Å². The van der Waals surface area contributed by atoms with Crippen LogP contribution in [0.1, 0.15) is 37.8 Å². The minimum Gasteiger partial charge on any atom is -0.493 e. The van der Waals surface area contributed by atoms with Crippen LogP contribution < -0.4 is 10.3 Å². The molecular formula is C33H38N6O2. The third kappa shape index (κ3) is 6.04. The van der Waals surface area contributed by atoms with Crippen molar-refractivity contribution >= 4 is 21.9 Å². The van der Waals surface area contributed by atoms with Crippen molar-refractivity contribution in [3.8, 4) is 17.1 Å². The second-order valence-electron chi connectivity index (χ2n) is 10.9. The fraction of sp³-hybridized carbons (Fsp3) is 0.364. The van der Waals surface area contributed by atoms with Crippen molar-refractivity contribution in [3.05, 3.63) is 88.5 Å². The monoisotopic (exact) mass is 550 g/mol. The van der Waals surface area contributed by atoms with Gasteiger partial charge in [0.25, 0.3) is 5.56 Å². The highest BCUT2D eigenvalue weighted by Crippen LogP contribution is 2.31. The van der Waals surface area contributed by atoms with E-state index in [1.807, 2.05) is 42.7 Å². The third-order valence-corrected chi connectivity index (χ3v) is 7.81. The van der Waals surface area contributed by atoms with Gasteiger partial charge in [-0.25, -0.2) is 9.97 Å². The Morgan fingerprint density at radius 1 is 0.854 bits per heavy atom. The van der Waals surface area contributed by atoms with Gasteiger partial charge in [-0.05, 0) is 54.8 Å². The van der Waals surface area contributed by atoms with E-state index in [1.54, 1.807) is 0 Å². The Morgan fingerprint density at radius 3 is 2.44 bits per heavy atom. The molecule has 3 aromatic carbocycles. The molecule has 41 heavy (non-hydrogen) atoms. The van der Waals surface area contributed by atoms with Crippen LogP contribution in [-0.4, -0.2) is 68.6 Å². The number of fused-ring (bicyclic) bond motifs is 2. The number of rotatable bonds is 10. The number of piperazine rings is 1.